The molecule has 0 radical (unpaired) electrons. The number of carbonyl (C=O) groups is 2. The molecule has 3 aromatic rings. The third kappa shape index (κ3) is 2.64. The fourth-order valence-corrected chi connectivity index (χ4v) is 5.48. The third-order valence-electron chi connectivity index (χ3n) is 6.45. The summed E-state index contributed by atoms with van der Waals surface area (Å²) in [4.78, 5) is 36.1. The topological polar surface area (TPSA) is 68.8 Å². The molecule has 4 heterocycles. The number of thiocarbonyl (C=S) groups is 1. The van der Waals surface area contributed by atoms with E-state index in [9.17, 15) is 9.59 Å². The van der Waals surface area contributed by atoms with Gasteiger partial charge in [-0.15, -0.1) is 0 Å². The van der Waals surface area contributed by atoms with Gasteiger partial charge in [-0.05, 0) is 42.2 Å². The first kappa shape index (κ1) is 18.3. The minimum atomic E-state index is -0.515. The lowest BCUT2D eigenvalue weighted by molar-refractivity contribution is -0.120. The van der Waals surface area contributed by atoms with Crippen molar-refractivity contribution in [1.82, 2.24) is 14.8 Å². The monoisotopic (exact) mass is 429 g/mol. The van der Waals surface area contributed by atoms with Gasteiger partial charge in [0, 0.05) is 18.1 Å². The molecule has 2 unspecified atom stereocenters. The van der Waals surface area contributed by atoms with Gasteiger partial charge in [-0.3, -0.25) is 9.78 Å². The number of nitrogens with one attached hydrogen (secondary N) is 1. The van der Waals surface area contributed by atoms with E-state index in [-0.39, 0.29) is 24.0 Å². The second-order valence-corrected chi connectivity index (χ2v) is 8.47. The van der Waals surface area contributed by atoms with Crippen LogP contribution in [0.1, 0.15) is 6.42 Å². The van der Waals surface area contributed by atoms with Crippen LogP contribution in [0.15, 0.2) is 67.0 Å². The molecule has 1 N–H and O–H groups in total. The Morgan fingerprint density at radius 1 is 1.06 bits per heavy atom. The maximum Gasteiger partial charge on any atom is 0.332 e. The van der Waals surface area contributed by atoms with Crippen LogP contribution in [-0.2, 0) is 4.79 Å². The molecule has 3 fully saturated rings. The Morgan fingerprint density at radius 2 is 1.90 bits per heavy atom. The molecule has 0 aliphatic carbocycles. The molecule has 3 aliphatic rings. The highest BCUT2D eigenvalue weighted by molar-refractivity contribution is 7.80. The zero-order valence-electron chi connectivity index (χ0n) is 16.5. The highest BCUT2D eigenvalue weighted by atomic mass is 32.1. The molecule has 8 heteroatoms. The van der Waals surface area contributed by atoms with Crippen molar-refractivity contribution in [2.75, 3.05) is 16.8 Å². The van der Waals surface area contributed by atoms with Gasteiger partial charge in [0.1, 0.15) is 6.04 Å². The second-order valence-electron chi connectivity index (χ2n) is 8.09. The average molecular weight is 430 g/mol. The van der Waals surface area contributed by atoms with Gasteiger partial charge in [-0.25, -0.2) is 9.69 Å². The Hall–Kier alpha value is -3.52. The van der Waals surface area contributed by atoms with Crippen LogP contribution in [-0.4, -0.2) is 56.5 Å². The number of urea groups is 1. The van der Waals surface area contributed by atoms with E-state index in [0.29, 0.717) is 17.3 Å². The highest BCUT2D eigenvalue weighted by Crippen LogP contribution is 2.43. The molecule has 3 amide bonds. The van der Waals surface area contributed by atoms with Crippen molar-refractivity contribution in [2.45, 2.75) is 24.5 Å². The van der Waals surface area contributed by atoms with Crippen LogP contribution in [0.3, 0.4) is 0 Å². The number of imide groups is 1. The average Bonchev–Trinajstić information content (AvgIpc) is 3.46. The standard InChI is InChI=1S/C23H19N5O2S/c29-21-20-19-11-16(13-26(19)22(31)25-15-7-4-10-24-12-15)27(20)23(30)28(21)18-9-3-6-14-5-1-2-8-17(14)18/h1-10,12,16,19-20H,11,13H2,(H,25,31)/t16-,19?,20?/m1/s1. The summed E-state index contributed by atoms with van der Waals surface area (Å²) in [5.74, 6) is -0.178. The van der Waals surface area contributed by atoms with E-state index in [1.54, 1.807) is 17.3 Å². The number of anilines is 2. The van der Waals surface area contributed by atoms with Crippen molar-refractivity contribution in [3.8, 4) is 0 Å². The molecule has 0 saturated carbocycles. The number of hydrogen-bond acceptors (Lipinski definition) is 4. The van der Waals surface area contributed by atoms with E-state index in [4.69, 9.17) is 12.2 Å². The zero-order valence-corrected chi connectivity index (χ0v) is 17.3. The van der Waals surface area contributed by atoms with Crippen LogP contribution in [0.4, 0.5) is 16.2 Å². The normalized spacial score (nSPS) is 24.3. The minimum Gasteiger partial charge on any atom is -0.341 e. The molecule has 2 aromatic carbocycles. The van der Waals surface area contributed by atoms with Gasteiger partial charge in [0.25, 0.3) is 5.91 Å². The van der Waals surface area contributed by atoms with Gasteiger partial charge in [0.2, 0.25) is 0 Å². The number of nitrogens with zero attached hydrogens (tertiary/aromatic N) is 4. The molecule has 3 saturated heterocycles. The molecule has 154 valence electrons. The fourth-order valence-electron chi connectivity index (χ4n) is 5.15. The van der Waals surface area contributed by atoms with Crippen LogP contribution < -0.4 is 10.2 Å². The van der Waals surface area contributed by atoms with Gasteiger partial charge in [0.15, 0.2) is 5.11 Å². The first-order valence-electron chi connectivity index (χ1n) is 10.2. The first-order valence-corrected chi connectivity index (χ1v) is 10.7. The summed E-state index contributed by atoms with van der Waals surface area (Å²) in [6.07, 6.45) is 4.16. The number of carbonyl (C=O) groups excluding carboxylic acids is 2. The van der Waals surface area contributed by atoms with Crippen LogP contribution in [0.25, 0.3) is 10.8 Å². The summed E-state index contributed by atoms with van der Waals surface area (Å²) in [6.45, 7) is 0.621. The second kappa shape index (κ2) is 6.75. The Bertz CT molecular complexity index is 1230. The number of amides is 3. The van der Waals surface area contributed by atoms with Crippen molar-refractivity contribution in [1.29, 1.82) is 0 Å². The van der Waals surface area contributed by atoms with Crippen molar-refractivity contribution in [3.05, 3.63) is 67.0 Å². The first-order chi connectivity index (χ1) is 15.1. The Balaban J connectivity index is 1.31. The molecule has 2 bridgehead atoms. The smallest absolute Gasteiger partial charge is 0.332 e. The van der Waals surface area contributed by atoms with E-state index >= 15 is 0 Å². The molecule has 3 atom stereocenters. The molecule has 1 aromatic heterocycles. The highest BCUT2D eigenvalue weighted by Gasteiger charge is 2.62. The molecule has 3 aliphatic heterocycles. The molecular weight excluding hydrogens is 410 g/mol. The van der Waals surface area contributed by atoms with E-state index in [1.165, 1.54) is 4.90 Å². The summed E-state index contributed by atoms with van der Waals surface area (Å²) in [5, 5.41) is 5.66. The minimum absolute atomic E-state index is 0.0277. The third-order valence-corrected chi connectivity index (χ3v) is 6.78. The number of likely N-dealkylation sites (tertiary alicyclic amines) is 1. The van der Waals surface area contributed by atoms with Crippen molar-refractivity contribution in [3.63, 3.8) is 0 Å². The Labute approximate surface area is 184 Å². The number of hydrogen-bond donors (Lipinski definition) is 1. The number of aromatic nitrogens is 1. The lowest BCUT2D eigenvalue weighted by Crippen LogP contribution is -2.55. The van der Waals surface area contributed by atoms with Crippen LogP contribution in [0.5, 0.6) is 0 Å². The molecule has 7 nitrogen and oxygen atoms in total. The van der Waals surface area contributed by atoms with Crippen LogP contribution >= 0.6 is 12.2 Å². The number of piperazine rings is 1. The number of fused-ring (bicyclic) bond motifs is 6. The predicted molar refractivity (Wildman–Crippen MR) is 122 cm³/mol. The maximum atomic E-state index is 13.5. The summed E-state index contributed by atoms with van der Waals surface area (Å²) in [6, 6.07) is 16.3. The summed E-state index contributed by atoms with van der Waals surface area (Å²) >= 11 is 5.63. The summed E-state index contributed by atoms with van der Waals surface area (Å²) in [5.41, 5.74) is 1.45. The molecule has 0 spiro atoms. The van der Waals surface area contributed by atoms with E-state index in [1.807, 2.05) is 59.5 Å². The van der Waals surface area contributed by atoms with Gasteiger partial charge in [0.05, 0.1) is 29.7 Å². The maximum absolute atomic E-state index is 13.5. The van der Waals surface area contributed by atoms with Crippen molar-refractivity contribution < 1.29 is 9.59 Å². The van der Waals surface area contributed by atoms with Crippen LogP contribution in [0.2, 0.25) is 0 Å². The predicted octanol–water partition coefficient (Wildman–Crippen LogP) is 3.23. The quantitative estimate of drug-likeness (QED) is 0.498. The number of pyridine rings is 1. The molecular formula is C23H19N5O2S. The van der Waals surface area contributed by atoms with Gasteiger partial charge in [-0.1, -0.05) is 36.4 Å². The number of rotatable bonds is 2. The van der Waals surface area contributed by atoms with E-state index in [0.717, 1.165) is 22.9 Å². The molecule has 6 rings (SSSR count). The largest absolute Gasteiger partial charge is 0.341 e. The lowest BCUT2D eigenvalue weighted by atomic mass is 10.1. The number of benzene rings is 2. The SMILES string of the molecule is O=C1C2C3C[C@H](CN3C(=S)Nc3cccnc3)N2C(=O)N1c1cccc2ccccc12. The Kier molecular flexibility index (Phi) is 3.97. The molecule has 31 heavy (non-hydrogen) atoms. The van der Waals surface area contributed by atoms with Gasteiger partial charge >= 0.3 is 6.03 Å². The summed E-state index contributed by atoms with van der Waals surface area (Å²) in [7, 11) is 0. The van der Waals surface area contributed by atoms with Gasteiger partial charge < -0.3 is 15.1 Å². The van der Waals surface area contributed by atoms with Gasteiger partial charge in [-0.2, -0.15) is 0 Å². The van der Waals surface area contributed by atoms with Crippen molar-refractivity contribution >= 4 is 51.4 Å². The zero-order chi connectivity index (χ0) is 21.1. The van der Waals surface area contributed by atoms with E-state index in [2.05, 4.69) is 10.3 Å². The summed E-state index contributed by atoms with van der Waals surface area (Å²) < 4.78 is 0. The van der Waals surface area contributed by atoms with Crippen LogP contribution in [0, 0.1) is 0 Å². The Morgan fingerprint density at radius 3 is 2.74 bits per heavy atom. The van der Waals surface area contributed by atoms with Crippen molar-refractivity contribution in [2.24, 2.45) is 0 Å². The lowest BCUT2D eigenvalue weighted by Gasteiger charge is -2.36. The fraction of sp³-hybridized carbons (Fsp3) is 0.217. The van der Waals surface area contributed by atoms with E-state index < -0.39 is 6.04 Å².